The standard InChI is InChI=1S/C14H23N3O3/c1-16-11-15-8-12(16)9-17(6-5-14(18)19-2)10-13-4-3-7-20-13/h8,11,13H,3-7,9-10H2,1-2H3. The van der Waals surface area contributed by atoms with Gasteiger partial charge in [-0.05, 0) is 12.8 Å². The highest BCUT2D eigenvalue weighted by Crippen LogP contribution is 2.15. The topological polar surface area (TPSA) is 56.6 Å². The number of imidazole rings is 1. The van der Waals surface area contributed by atoms with Crippen molar-refractivity contribution in [3.05, 3.63) is 18.2 Å². The van der Waals surface area contributed by atoms with Gasteiger partial charge < -0.3 is 14.0 Å². The summed E-state index contributed by atoms with van der Waals surface area (Å²) in [5.41, 5.74) is 1.13. The molecular formula is C14H23N3O3. The molecule has 0 saturated carbocycles. The summed E-state index contributed by atoms with van der Waals surface area (Å²) in [5.74, 6) is -0.174. The van der Waals surface area contributed by atoms with Gasteiger partial charge >= 0.3 is 5.97 Å². The minimum atomic E-state index is -0.174. The van der Waals surface area contributed by atoms with Crippen LogP contribution in [0.4, 0.5) is 0 Å². The third kappa shape index (κ3) is 4.31. The van der Waals surface area contributed by atoms with Crippen molar-refractivity contribution in [3.8, 4) is 0 Å². The molecule has 2 heterocycles. The van der Waals surface area contributed by atoms with Crippen molar-refractivity contribution in [2.75, 3.05) is 26.8 Å². The Kier molecular flexibility index (Phi) is 5.55. The summed E-state index contributed by atoms with van der Waals surface area (Å²) in [4.78, 5) is 17.7. The Balaban J connectivity index is 1.91. The molecule has 0 bridgehead atoms. The Morgan fingerprint density at radius 3 is 3.10 bits per heavy atom. The van der Waals surface area contributed by atoms with Gasteiger partial charge in [0, 0.05) is 39.5 Å². The van der Waals surface area contributed by atoms with Gasteiger partial charge in [0.25, 0.3) is 0 Å². The summed E-state index contributed by atoms with van der Waals surface area (Å²) in [6.07, 6.45) is 6.56. The first-order valence-electron chi connectivity index (χ1n) is 7.05. The number of hydrogen-bond acceptors (Lipinski definition) is 5. The zero-order valence-corrected chi connectivity index (χ0v) is 12.2. The van der Waals surface area contributed by atoms with E-state index in [9.17, 15) is 4.79 Å². The lowest BCUT2D eigenvalue weighted by Gasteiger charge is -2.24. The third-order valence-corrected chi connectivity index (χ3v) is 3.65. The van der Waals surface area contributed by atoms with Crippen molar-refractivity contribution in [3.63, 3.8) is 0 Å². The molecule has 1 aliphatic heterocycles. The van der Waals surface area contributed by atoms with Gasteiger partial charge in [0.05, 0.1) is 31.7 Å². The van der Waals surface area contributed by atoms with E-state index in [0.29, 0.717) is 13.0 Å². The van der Waals surface area contributed by atoms with Crippen molar-refractivity contribution >= 4 is 5.97 Å². The Labute approximate surface area is 119 Å². The summed E-state index contributed by atoms with van der Waals surface area (Å²) < 4.78 is 12.4. The Bertz CT molecular complexity index is 427. The Morgan fingerprint density at radius 1 is 1.65 bits per heavy atom. The van der Waals surface area contributed by atoms with E-state index in [1.807, 2.05) is 17.8 Å². The lowest BCUT2D eigenvalue weighted by Crippen LogP contribution is -2.34. The highest BCUT2D eigenvalue weighted by atomic mass is 16.5. The maximum absolute atomic E-state index is 11.3. The first-order valence-corrected chi connectivity index (χ1v) is 7.05. The van der Waals surface area contributed by atoms with Crippen LogP contribution in [0.25, 0.3) is 0 Å². The SMILES string of the molecule is COC(=O)CCN(Cc1cncn1C)CC1CCCO1. The van der Waals surface area contributed by atoms with Crippen molar-refractivity contribution in [2.24, 2.45) is 7.05 Å². The molecule has 6 nitrogen and oxygen atoms in total. The van der Waals surface area contributed by atoms with E-state index in [2.05, 4.69) is 9.88 Å². The highest BCUT2D eigenvalue weighted by Gasteiger charge is 2.20. The summed E-state index contributed by atoms with van der Waals surface area (Å²) in [6.45, 7) is 3.15. The van der Waals surface area contributed by atoms with Crippen molar-refractivity contribution in [1.82, 2.24) is 14.5 Å². The molecule has 1 atom stereocenters. The molecule has 2 rings (SSSR count). The summed E-state index contributed by atoms with van der Waals surface area (Å²) in [6, 6.07) is 0. The predicted octanol–water partition coefficient (Wildman–Crippen LogP) is 0.964. The van der Waals surface area contributed by atoms with E-state index >= 15 is 0 Å². The maximum Gasteiger partial charge on any atom is 0.306 e. The van der Waals surface area contributed by atoms with E-state index in [4.69, 9.17) is 9.47 Å². The Morgan fingerprint density at radius 2 is 2.50 bits per heavy atom. The summed E-state index contributed by atoms with van der Waals surface area (Å²) in [7, 11) is 3.40. The number of rotatable bonds is 7. The van der Waals surface area contributed by atoms with Crippen LogP contribution in [0.5, 0.6) is 0 Å². The number of ether oxygens (including phenoxy) is 2. The fourth-order valence-corrected chi connectivity index (χ4v) is 2.43. The molecule has 0 aromatic carbocycles. The van der Waals surface area contributed by atoms with Gasteiger partial charge in [-0.15, -0.1) is 0 Å². The van der Waals surface area contributed by atoms with Crippen LogP contribution in [0.15, 0.2) is 12.5 Å². The molecule has 1 saturated heterocycles. The number of carbonyl (C=O) groups is 1. The van der Waals surface area contributed by atoms with Gasteiger partial charge in [-0.1, -0.05) is 0 Å². The van der Waals surface area contributed by atoms with Crippen molar-refractivity contribution in [2.45, 2.75) is 31.9 Å². The Hall–Kier alpha value is -1.40. The number of esters is 1. The third-order valence-electron chi connectivity index (χ3n) is 3.65. The molecule has 0 N–H and O–H groups in total. The van der Waals surface area contributed by atoms with Crippen LogP contribution in [-0.4, -0.2) is 53.3 Å². The first kappa shape index (κ1) is 15.0. The normalized spacial score (nSPS) is 18.6. The van der Waals surface area contributed by atoms with Crippen LogP contribution in [0, 0.1) is 0 Å². The van der Waals surface area contributed by atoms with Crippen molar-refractivity contribution in [1.29, 1.82) is 0 Å². The van der Waals surface area contributed by atoms with Crippen LogP contribution < -0.4 is 0 Å². The molecule has 0 spiro atoms. The fourth-order valence-electron chi connectivity index (χ4n) is 2.43. The van der Waals surface area contributed by atoms with Crippen LogP contribution in [-0.2, 0) is 27.9 Å². The smallest absolute Gasteiger partial charge is 0.306 e. The maximum atomic E-state index is 11.3. The van der Waals surface area contributed by atoms with Gasteiger partial charge in [0.15, 0.2) is 0 Å². The molecule has 0 radical (unpaired) electrons. The molecule has 20 heavy (non-hydrogen) atoms. The molecule has 1 aliphatic rings. The predicted molar refractivity (Wildman–Crippen MR) is 74.1 cm³/mol. The molecule has 1 fully saturated rings. The summed E-state index contributed by atoms with van der Waals surface area (Å²) in [5, 5.41) is 0. The van der Waals surface area contributed by atoms with Gasteiger partial charge in [0.2, 0.25) is 0 Å². The lowest BCUT2D eigenvalue weighted by atomic mass is 10.2. The molecular weight excluding hydrogens is 258 g/mol. The van der Waals surface area contributed by atoms with E-state index in [1.54, 1.807) is 6.33 Å². The number of aryl methyl sites for hydroxylation is 1. The number of carbonyl (C=O) groups excluding carboxylic acids is 1. The number of methoxy groups -OCH3 is 1. The van der Waals surface area contributed by atoms with E-state index in [1.165, 1.54) is 7.11 Å². The van der Waals surface area contributed by atoms with Crippen LogP contribution in [0.3, 0.4) is 0 Å². The van der Waals surface area contributed by atoms with Gasteiger partial charge in [-0.2, -0.15) is 0 Å². The van der Waals surface area contributed by atoms with Gasteiger partial charge in [-0.3, -0.25) is 9.69 Å². The first-order chi connectivity index (χ1) is 9.69. The number of hydrogen-bond donors (Lipinski definition) is 0. The van der Waals surface area contributed by atoms with Gasteiger partial charge in [0.1, 0.15) is 0 Å². The average molecular weight is 281 g/mol. The quantitative estimate of drug-likeness (QED) is 0.697. The second-order valence-electron chi connectivity index (χ2n) is 5.19. The lowest BCUT2D eigenvalue weighted by molar-refractivity contribution is -0.141. The van der Waals surface area contributed by atoms with Crippen molar-refractivity contribution < 1.29 is 14.3 Å². The second kappa shape index (κ2) is 7.40. The van der Waals surface area contributed by atoms with E-state index < -0.39 is 0 Å². The monoisotopic (exact) mass is 281 g/mol. The average Bonchev–Trinajstić information content (AvgIpc) is 3.08. The molecule has 1 aromatic heterocycles. The van der Waals surface area contributed by atoms with Crippen LogP contribution in [0.2, 0.25) is 0 Å². The summed E-state index contributed by atoms with van der Waals surface area (Å²) >= 11 is 0. The molecule has 1 aromatic rings. The van der Waals surface area contributed by atoms with Gasteiger partial charge in [-0.25, -0.2) is 4.98 Å². The number of nitrogens with zero attached hydrogens (tertiary/aromatic N) is 3. The van der Waals surface area contributed by atoms with E-state index in [0.717, 1.165) is 38.2 Å². The molecule has 0 amide bonds. The molecule has 6 heteroatoms. The zero-order chi connectivity index (χ0) is 14.4. The number of aromatic nitrogens is 2. The van der Waals surface area contributed by atoms with Crippen LogP contribution in [0.1, 0.15) is 25.0 Å². The minimum absolute atomic E-state index is 0.174. The molecule has 0 aliphatic carbocycles. The zero-order valence-electron chi connectivity index (χ0n) is 12.2. The van der Waals surface area contributed by atoms with Crippen LogP contribution >= 0.6 is 0 Å². The largest absolute Gasteiger partial charge is 0.469 e. The van der Waals surface area contributed by atoms with E-state index in [-0.39, 0.29) is 12.1 Å². The molecule has 1 unspecified atom stereocenters. The minimum Gasteiger partial charge on any atom is -0.469 e. The molecule has 112 valence electrons. The highest BCUT2D eigenvalue weighted by molar-refractivity contribution is 5.69. The fraction of sp³-hybridized carbons (Fsp3) is 0.714. The second-order valence-corrected chi connectivity index (χ2v) is 5.19.